The molecule has 0 aromatic heterocycles. The maximum Gasteiger partial charge on any atom is 0.320 e. The number of carbonyl (C=O) groups excluding carboxylic acids is 1. The second-order valence-corrected chi connectivity index (χ2v) is 4.15. The van der Waals surface area contributed by atoms with Crippen LogP contribution in [0, 0.1) is 0 Å². The zero-order valence-electron chi connectivity index (χ0n) is 9.74. The highest BCUT2D eigenvalue weighted by Gasteiger charge is 2.21. The average Bonchev–Trinajstić information content (AvgIpc) is 2.76. The summed E-state index contributed by atoms with van der Waals surface area (Å²) in [4.78, 5) is 24.3. The molecule has 1 heterocycles. The molecule has 92 valence electrons. The Morgan fingerprint density at radius 1 is 1.38 bits per heavy atom. The summed E-state index contributed by atoms with van der Waals surface area (Å²) in [6.45, 7) is 3.69. The van der Waals surface area contributed by atoms with Crippen LogP contribution in [0.25, 0.3) is 0 Å². The van der Waals surface area contributed by atoms with E-state index in [0.717, 1.165) is 32.4 Å². The van der Waals surface area contributed by atoms with Gasteiger partial charge >= 0.3 is 5.97 Å². The van der Waals surface area contributed by atoms with Crippen molar-refractivity contribution in [3.63, 3.8) is 0 Å². The van der Waals surface area contributed by atoms with Gasteiger partial charge in [-0.05, 0) is 19.3 Å². The fourth-order valence-electron chi connectivity index (χ4n) is 1.89. The molecule has 2 N–H and O–H groups in total. The SMILES string of the molecule is CCCC(NCC(=O)N1CCCC1)C(=O)O. The molecule has 1 atom stereocenters. The number of likely N-dealkylation sites (tertiary alicyclic amines) is 1. The van der Waals surface area contributed by atoms with Gasteiger partial charge in [0.25, 0.3) is 0 Å². The second kappa shape index (κ2) is 6.48. The number of carboxylic acid groups (broad SMARTS) is 1. The summed E-state index contributed by atoms with van der Waals surface area (Å²) in [6, 6.07) is -0.600. The van der Waals surface area contributed by atoms with E-state index in [4.69, 9.17) is 5.11 Å². The Bertz CT molecular complexity index is 250. The highest BCUT2D eigenvalue weighted by atomic mass is 16.4. The predicted octanol–water partition coefficient (Wildman–Crippen LogP) is 0.452. The molecule has 0 aromatic carbocycles. The maximum absolute atomic E-state index is 11.6. The van der Waals surface area contributed by atoms with Crippen LogP contribution < -0.4 is 5.32 Å². The number of hydrogen-bond acceptors (Lipinski definition) is 3. The van der Waals surface area contributed by atoms with Crippen LogP contribution in [0.5, 0.6) is 0 Å². The molecule has 1 amide bonds. The summed E-state index contributed by atoms with van der Waals surface area (Å²) in [6.07, 6.45) is 3.47. The van der Waals surface area contributed by atoms with Crippen LogP contribution in [0.3, 0.4) is 0 Å². The van der Waals surface area contributed by atoms with Crippen LogP contribution in [-0.2, 0) is 9.59 Å². The first-order chi connectivity index (χ1) is 7.65. The van der Waals surface area contributed by atoms with E-state index >= 15 is 0 Å². The summed E-state index contributed by atoms with van der Waals surface area (Å²) < 4.78 is 0. The van der Waals surface area contributed by atoms with Gasteiger partial charge in [-0.1, -0.05) is 13.3 Å². The summed E-state index contributed by atoms with van der Waals surface area (Å²) in [5, 5.41) is 11.7. The largest absolute Gasteiger partial charge is 0.480 e. The summed E-state index contributed by atoms with van der Waals surface area (Å²) in [5.74, 6) is -0.865. The lowest BCUT2D eigenvalue weighted by molar-refractivity contribution is -0.140. The zero-order chi connectivity index (χ0) is 12.0. The number of rotatable bonds is 6. The topological polar surface area (TPSA) is 69.6 Å². The molecule has 0 spiro atoms. The van der Waals surface area contributed by atoms with Gasteiger partial charge in [0, 0.05) is 13.1 Å². The molecule has 0 bridgehead atoms. The van der Waals surface area contributed by atoms with Gasteiger partial charge in [0.1, 0.15) is 6.04 Å². The van der Waals surface area contributed by atoms with Crippen molar-refractivity contribution in [2.75, 3.05) is 19.6 Å². The Balaban J connectivity index is 2.30. The van der Waals surface area contributed by atoms with E-state index in [1.165, 1.54) is 0 Å². The van der Waals surface area contributed by atoms with E-state index in [1.54, 1.807) is 4.90 Å². The van der Waals surface area contributed by atoms with Crippen molar-refractivity contribution < 1.29 is 14.7 Å². The maximum atomic E-state index is 11.6. The van der Waals surface area contributed by atoms with E-state index < -0.39 is 12.0 Å². The van der Waals surface area contributed by atoms with E-state index in [-0.39, 0.29) is 12.5 Å². The van der Waals surface area contributed by atoms with Gasteiger partial charge in [-0.3, -0.25) is 14.9 Å². The average molecular weight is 228 g/mol. The van der Waals surface area contributed by atoms with Crippen molar-refractivity contribution in [1.82, 2.24) is 10.2 Å². The van der Waals surface area contributed by atoms with Crippen LogP contribution in [0.1, 0.15) is 32.6 Å². The first-order valence-electron chi connectivity index (χ1n) is 5.89. The van der Waals surface area contributed by atoms with E-state index in [0.29, 0.717) is 6.42 Å². The van der Waals surface area contributed by atoms with Gasteiger partial charge in [-0.25, -0.2) is 0 Å². The van der Waals surface area contributed by atoms with Crippen molar-refractivity contribution >= 4 is 11.9 Å². The molecule has 1 aliphatic rings. The van der Waals surface area contributed by atoms with Gasteiger partial charge in [0.15, 0.2) is 0 Å². The zero-order valence-corrected chi connectivity index (χ0v) is 9.74. The highest BCUT2D eigenvalue weighted by Crippen LogP contribution is 2.07. The Morgan fingerprint density at radius 2 is 2.00 bits per heavy atom. The van der Waals surface area contributed by atoms with Crippen LogP contribution in [0.4, 0.5) is 0 Å². The van der Waals surface area contributed by atoms with Gasteiger partial charge in [0.2, 0.25) is 5.91 Å². The minimum absolute atomic E-state index is 0.0138. The van der Waals surface area contributed by atoms with Crippen LogP contribution in [0.2, 0.25) is 0 Å². The lowest BCUT2D eigenvalue weighted by atomic mass is 10.2. The number of aliphatic carboxylic acids is 1. The van der Waals surface area contributed by atoms with Crippen LogP contribution >= 0.6 is 0 Å². The normalized spacial score (nSPS) is 17.4. The molecule has 1 aliphatic heterocycles. The second-order valence-electron chi connectivity index (χ2n) is 4.15. The number of hydrogen-bond donors (Lipinski definition) is 2. The molecule has 16 heavy (non-hydrogen) atoms. The Labute approximate surface area is 95.8 Å². The van der Waals surface area contributed by atoms with Crippen molar-refractivity contribution in [2.45, 2.75) is 38.6 Å². The number of nitrogens with zero attached hydrogens (tertiary/aromatic N) is 1. The summed E-state index contributed by atoms with van der Waals surface area (Å²) >= 11 is 0. The molecule has 1 unspecified atom stereocenters. The molecule has 1 saturated heterocycles. The molecule has 0 aliphatic carbocycles. The van der Waals surface area contributed by atoms with E-state index in [2.05, 4.69) is 5.32 Å². The first kappa shape index (κ1) is 13.0. The molecule has 0 aromatic rings. The lowest BCUT2D eigenvalue weighted by Gasteiger charge is -2.18. The summed E-state index contributed by atoms with van der Waals surface area (Å²) in [7, 11) is 0. The molecular formula is C11H20N2O3. The Hall–Kier alpha value is -1.10. The van der Waals surface area contributed by atoms with Crippen molar-refractivity contribution in [1.29, 1.82) is 0 Å². The van der Waals surface area contributed by atoms with Crippen molar-refractivity contribution in [3.8, 4) is 0 Å². The van der Waals surface area contributed by atoms with Gasteiger partial charge in [-0.2, -0.15) is 0 Å². The van der Waals surface area contributed by atoms with Crippen LogP contribution in [0.15, 0.2) is 0 Å². The highest BCUT2D eigenvalue weighted by molar-refractivity contribution is 5.80. The number of carbonyl (C=O) groups is 2. The molecule has 5 heteroatoms. The number of carboxylic acids is 1. The number of amides is 1. The molecular weight excluding hydrogens is 208 g/mol. The quantitative estimate of drug-likeness (QED) is 0.692. The van der Waals surface area contributed by atoms with Crippen molar-refractivity contribution in [2.24, 2.45) is 0 Å². The smallest absolute Gasteiger partial charge is 0.320 e. The molecule has 1 fully saturated rings. The van der Waals surface area contributed by atoms with Crippen molar-refractivity contribution in [3.05, 3.63) is 0 Å². The molecule has 0 saturated carbocycles. The third-order valence-electron chi connectivity index (χ3n) is 2.83. The standard InChI is InChI=1S/C11H20N2O3/c1-2-5-9(11(15)16)12-8-10(14)13-6-3-4-7-13/h9,12H,2-8H2,1H3,(H,15,16). The Kier molecular flexibility index (Phi) is 5.25. The van der Waals surface area contributed by atoms with Crippen LogP contribution in [-0.4, -0.2) is 47.6 Å². The third kappa shape index (κ3) is 3.81. The Morgan fingerprint density at radius 3 is 2.50 bits per heavy atom. The molecule has 0 radical (unpaired) electrons. The molecule has 1 rings (SSSR count). The van der Waals surface area contributed by atoms with E-state index in [1.807, 2.05) is 6.92 Å². The number of nitrogens with one attached hydrogen (secondary N) is 1. The monoisotopic (exact) mass is 228 g/mol. The molecule has 5 nitrogen and oxygen atoms in total. The fraction of sp³-hybridized carbons (Fsp3) is 0.818. The summed E-state index contributed by atoms with van der Waals surface area (Å²) in [5.41, 5.74) is 0. The van der Waals surface area contributed by atoms with E-state index in [9.17, 15) is 9.59 Å². The predicted molar refractivity (Wildman–Crippen MR) is 60.1 cm³/mol. The van der Waals surface area contributed by atoms with Gasteiger partial charge < -0.3 is 10.0 Å². The van der Waals surface area contributed by atoms with Gasteiger partial charge in [0.05, 0.1) is 6.54 Å². The third-order valence-corrected chi connectivity index (χ3v) is 2.83. The fourth-order valence-corrected chi connectivity index (χ4v) is 1.89. The first-order valence-corrected chi connectivity index (χ1v) is 5.89. The lowest BCUT2D eigenvalue weighted by Crippen LogP contribution is -2.43. The van der Waals surface area contributed by atoms with Gasteiger partial charge in [-0.15, -0.1) is 0 Å². The minimum Gasteiger partial charge on any atom is -0.480 e. The minimum atomic E-state index is -0.879.